The smallest absolute Gasteiger partial charge is 0.378 e. The van der Waals surface area contributed by atoms with Gasteiger partial charge in [-0.2, -0.15) is 8.78 Å². The van der Waals surface area contributed by atoms with Crippen LogP contribution in [0.4, 0.5) is 8.78 Å². The summed E-state index contributed by atoms with van der Waals surface area (Å²) in [6, 6.07) is 9.62. The zero-order valence-electron chi connectivity index (χ0n) is 15.1. The number of halogens is 2. The molecule has 0 saturated carbocycles. The molecule has 2 rings (SSSR count). The fourth-order valence-corrected chi connectivity index (χ4v) is 2.50. The van der Waals surface area contributed by atoms with E-state index in [1.807, 2.05) is 0 Å². The first-order chi connectivity index (χ1) is 12.7. The number of ether oxygens (including phenoxy) is 3. The molecule has 1 atom stereocenters. The van der Waals surface area contributed by atoms with Crippen molar-refractivity contribution in [3.05, 3.63) is 42.0 Å². The van der Waals surface area contributed by atoms with Crippen LogP contribution in [-0.2, 0) is 14.3 Å². The second kappa shape index (κ2) is 8.30. The van der Waals surface area contributed by atoms with Gasteiger partial charge in [-0.3, -0.25) is 0 Å². The largest absolute Gasteiger partial charge is 0.477 e. The van der Waals surface area contributed by atoms with Crippen molar-refractivity contribution in [1.29, 1.82) is 0 Å². The summed E-state index contributed by atoms with van der Waals surface area (Å²) in [4.78, 5) is 23.1. The van der Waals surface area contributed by atoms with E-state index in [1.165, 1.54) is 33.1 Å². The summed E-state index contributed by atoms with van der Waals surface area (Å²) in [6.45, 7) is 2.80. The summed E-state index contributed by atoms with van der Waals surface area (Å²) in [5.74, 6) is -7.86. The van der Waals surface area contributed by atoms with E-state index in [0.717, 1.165) is 5.39 Å². The molecule has 0 aliphatic heterocycles. The number of esters is 1. The molecule has 0 saturated heterocycles. The van der Waals surface area contributed by atoms with Gasteiger partial charge >= 0.3 is 17.9 Å². The molecular formula is C19H20F2O6. The Kier molecular flexibility index (Phi) is 6.32. The fourth-order valence-electron chi connectivity index (χ4n) is 2.50. The van der Waals surface area contributed by atoms with Crippen LogP contribution in [0.3, 0.4) is 0 Å². The molecule has 0 fully saturated rings. The fraction of sp³-hybridized carbons (Fsp3) is 0.368. The monoisotopic (exact) mass is 382 g/mol. The van der Waals surface area contributed by atoms with E-state index < -0.39 is 29.9 Å². The number of carbonyl (C=O) groups excluding carboxylic acids is 1. The molecule has 0 aliphatic carbocycles. The van der Waals surface area contributed by atoms with E-state index in [4.69, 9.17) is 19.3 Å². The molecule has 146 valence electrons. The van der Waals surface area contributed by atoms with E-state index in [0.29, 0.717) is 11.1 Å². The van der Waals surface area contributed by atoms with Crippen LogP contribution in [0.15, 0.2) is 36.4 Å². The average molecular weight is 382 g/mol. The quantitative estimate of drug-likeness (QED) is 0.553. The first-order valence-corrected chi connectivity index (χ1v) is 8.14. The lowest BCUT2D eigenvalue weighted by molar-refractivity contribution is -0.187. The molecule has 1 unspecified atom stereocenters. The van der Waals surface area contributed by atoms with Gasteiger partial charge in [0.2, 0.25) is 0 Å². The SMILES string of the molecule is COCOc1ccc2cc(C(=O)OC(C(C)C)C(F)(F)C(=O)O)ccc2c1. The molecule has 0 amide bonds. The van der Waals surface area contributed by atoms with Crippen LogP contribution in [0.5, 0.6) is 5.75 Å². The summed E-state index contributed by atoms with van der Waals surface area (Å²) in [5, 5.41) is 10.1. The molecule has 0 heterocycles. The van der Waals surface area contributed by atoms with Crippen molar-refractivity contribution >= 4 is 22.7 Å². The Morgan fingerprint density at radius 2 is 1.74 bits per heavy atom. The van der Waals surface area contributed by atoms with Crippen LogP contribution < -0.4 is 4.74 Å². The third kappa shape index (κ3) is 4.71. The van der Waals surface area contributed by atoms with Crippen LogP contribution in [0.1, 0.15) is 24.2 Å². The van der Waals surface area contributed by atoms with E-state index in [1.54, 1.807) is 24.3 Å². The topological polar surface area (TPSA) is 82.1 Å². The summed E-state index contributed by atoms with van der Waals surface area (Å²) in [5.41, 5.74) is 0.0416. The standard InChI is InChI=1S/C19H20F2O6/c1-11(2)16(19(20,21)18(23)24)27-17(22)14-5-4-13-9-15(26-10-25-3)7-6-12(13)8-14/h4-9,11,16H,10H2,1-3H3,(H,23,24). The molecule has 0 aliphatic rings. The summed E-state index contributed by atoms with van der Waals surface area (Å²) in [6.07, 6.45) is -2.08. The van der Waals surface area contributed by atoms with Gasteiger partial charge in [-0.25, -0.2) is 9.59 Å². The first kappa shape index (κ1) is 20.6. The van der Waals surface area contributed by atoms with Gasteiger partial charge < -0.3 is 19.3 Å². The summed E-state index contributed by atoms with van der Waals surface area (Å²) < 4.78 is 42.7. The minimum atomic E-state index is -4.19. The maximum Gasteiger partial charge on any atom is 0.378 e. The molecule has 0 radical (unpaired) electrons. The number of rotatable bonds is 8. The van der Waals surface area contributed by atoms with Crippen LogP contribution in [0.2, 0.25) is 0 Å². The number of carboxylic acids is 1. The van der Waals surface area contributed by atoms with E-state index >= 15 is 0 Å². The lowest BCUT2D eigenvalue weighted by Crippen LogP contribution is -2.47. The van der Waals surface area contributed by atoms with Crippen molar-refractivity contribution in [3.63, 3.8) is 0 Å². The van der Waals surface area contributed by atoms with Crippen molar-refractivity contribution in [2.24, 2.45) is 5.92 Å². The number of benzene rings is 2. The number of aliphatic carboxylic acids is 1. The highest BCUT2D eigenvalue weighted by atomic mass is 19.3. The molecule has 0 aromatic heterocycles. The van der Waals surface area contributed by atoms with Gasteiger partial charge in [0.05, 0.1) is 5.56 Å². The molecule has 6 nitrogen and oxygen atoms in total. The zero-order chi connectivity index (χ0) is 20.2. The molecule has 1 N–H and O–H groups in total. The van der Waals surface area contributed by atoms with Crippen molar-refractivity contribution in [2.75, 3.05) is 13.9 Å². The number of methoxy groups -OCH3 is 1. The summed E-state index contributed by atoms with van der Waals surface area (Å²) >= 11 is 0. The van der Waals surface area contributed by atoms with Gasteiger partial charge in [-0.1, -0.05) is 26.0 Å². The van der Waals surface area contributed by atoms with Gasteiger partial charge in [-0.15, -0.1) is 0 Å². The van der Waals surface area contributed by atoms with Crippen molar-refractivity contribution < 1.29 is 37.7 Å². The molecule has 8 heteroatoms. The van der Waals surface area contributed by atoms with Crippen LogP contribution in [0.25, 0.3) is 10.8 Å². The number of carboxylic acid groups (broad SMARTS) is 1. The molecule has 27 heavy (non-hydrogen) atoms. The van der Waals surface area contributed by atoms with Crippen molar-refractivity contribution in [1.82, 2.24) is 0 Å². The van der Waals surface area contributed by atoms with Gasteiger partial charge in [0.15, 0.2) is 12.9 Å². The highest BCUT2D eigenvalue weighted by Gasteiger charge is 2.51. The lowest BCUT2D eigenvalue weighted by Gasteiger charge is -2.26. The minimum absolute atomic E-state index is 0.0416. The van der Waals surface area contributed by atoms with E-state index in [-0.39, 0.29) is 12.4 Å². The molecule has 2 aromatic carbocycles. The summed E-state index contributed by atoms with van der Waals surface area (Å²) in [7, 11) is 1.50. The van der Waals surface area contributed by atoms with Gasteiger partial charge in [0, 0.05) is 7.11 Å². The second-order valence-corrected chi connectivity index (χ2v) is 6.27. The Balaban J connectivity index is 2.24. The maximum atomic E-state index is 13.8. The Morgan fingerprint density at radius 3 is 2.33 bits per heavy atom. The van der Waals surface area contributed by atoms with Crippen LogP contribution in [0, 0.1) is 5.92 Å². The zero-order valence-corrected chi connectivity index (χ0v) is 15.1. The number of carbonyl (C=O) groups is 2. The van der Waals surface area contributed by atoms with Crippen molar-refractivity contribution in [2.45, 2.75) is 25.9 Å². The Morgan fingerprint density at radius 1 is 1.11 bits per heavy atom. The highest BCUT2D eigenvalue weighted by molar-refractivity contribution is 5.96. The predicted octanol–water partition coefficient (Wildman–Crippen LogP) is 3.72. The third-order valence-corrected chi connectivity index (χ3v) is 3.87. The van der Waals surface area contributed by atoms with Crippen LogP contribution in [-0.4, -0.2) is 43.0 Å². The normalized spacial score (nSPS) is 12.8. The Hall–Kier alpha value is -2.74. The third-order valence-electron chi connectivity index (χ3n) is 3.87. The molecule has 0 spiro atoms. The van der Waals surface area contributed by atoms with Gasteiger partial charge in [0.1, 0.15) is 5.75 Å². The van der Waals surface area contributed by atoms with E-state index in [9.17, 15) is 18.4 Å². The number of fused-ring (bicyclic) bond motifs is 1. The highest BCUT2D eigenvalue weighted by Crippen LogP contribution is 2.29. The second-order valence-electron chi connectivity index (χ2n) is 6.27. The molecule has 2 aromatic rings. The Bertz CT molecular complexity index is 834. The maximum absolute atomic E-state index is 13.8. The molecular weight excluding hydrogens is 362 g/mol. The first-order valence-electron chi connectivity index (χ1n) is 8.14. The Labute approximate surface area is 154 Å². The molecule has 0 bridgehead atoms. The van der Waals surface area contributed by atoms with Gasteiger partial charge in [-0.05, 0) is 41.0 Å². The number of hydrogen-bond donors (Lipinski definition) is 1. The lowest BCUT2D eigenvalue weighted by atomic mass is 10.0. The number of alkyl halides is 2. The van der Waals surface area contributed by atoms with Gasteiger partial charge in [0.25, 0.3) is 0 Å². The van der Waals surface area contributed by atoms with E-state index in [2.05, 4.69) is 0 Å². The number of hydrogen-bond acceptors (Lipinski definition) is 5. The average Bonchev–Trinajstić information content (AvgIpc) is 2.62. The van der Waals surface area contributed by atoms with Crippen LogP contribution >= 0.6 is 0 Å². The van der Waals surface area contributed by atoms with Crippen molar-refractivity contribution in [3.8, 4) is 5.75 Å². The predicted molar refractivity (Wildman–Crippen MR) is 93.1 cm³/mol. The minimum Gasteiger partial charge on any atom is -0.477 e.